The van der Waals surface area contributed by atoms with Crippen LogP contribution in [-0.2, 0) is 0 Å². The van der Waals surface area contributed by atoms with Crippen LogP contribution in [0.3, 0.4) is 0 Å². The second-order valence-electron chi connectivity index (χ2n) is 5.18. The molecule has 104 valence electrons. The molecule has 0 aromatic rings. The van der Waals surface area contributed by atoms with Gasteiger partial charge in [-0.25, -0.2) is 9.98 Å². The summed E-state index contributed by atoms with van der Waals surface area (Å²) < 4.78 is 0. The molecule has 5 nitrogen and oxygen atoms in total. The van der Waals surface area contributed by atoms with Crippen LogP contribution in [0.4, 0.5) is 0 Å². The van der Waals surface area contributed by atoms with Gasteiger partial charge in [-0.05, 0) is 20.3 Å². The minimum absolute atomic E-state index is 0.201. The second-order valence-corrected chi connectivity index (χ2v) is 5.18. The number of unbranched alkanes of at least 4 members (excludes halogenated alkanes) is 1. The van der Waals surface area contributed by atoms with Gasteiger partial charge in [-0.2, -0.15) is 0 Å². The molecular formula is C13H27N5. The van der Waals surface area contributed by atoms with Crippen LogP contribution < -0.4 is 5.32 Å². The molecule has 5 heteroatoms. The predicted molar refractivity (Wildman–Crippen MR) is 78.2 cm³/mol. The van der Waals surface area contributed by atoms with Crippen molar-refractivity contribution < 1.29 is 0 Å². The first-order chi connectivity index (χ1) is 8.45. The molecule has 18 heavy (non-hydrogen) atoms. The van der Waals surface area contributed by atoms with Crippen LogP contribution in [0.2, 0.25) is 0 Å². The van der Waals surface area contributed by atoms with E-state index in [-0.39, 0.29) is 12.1 Å². The van der Waals surface area contributed by atoms with Crippen molar-refractivity contribution in [1.82, 2.24) is 15.1 Å². The number of aliphatic imine (C=N–C) groups is 2. The third-order valence-electron chi connectivity index (χ3n) is 3.21. The smallest absolute Gasteiger partial charge is 0.200 e. The molecule has 1 aliphatic rings. The van der Waals surface area contributed by atoms with Crippen LogP contribution in [-0.4, -0.2) is 61.5 Å². The highest BCUT2D eigenvalue weighted by molar-refractivity contribution is 5.99. The molecule has 1 rings (SSSR count). The molecule has 0 bridgehead atoms. The molecule has 1 heterocycles. The van der Waals surface area contributed by atoms with E-state index in [2.05, 4.69) is 43.0 Å². The maximum Gasteiger partial charge on any atom is 0.200 e. The SMILES string of the molecule is CCCCN(C)C1=NC(C)C(C)N=C(N(C)C)N1. The summed E-state index contributed by atoms with van der Waals surface area (Å²) in [4.78, 5) is 13.6. The van der Waals surface area contributed by atoms with E-state index in [0.717, 1.165) is 18.5 Å². The Morgan fingerprint density at radius 1 is 1.06 bits per heavy atom. The summed E-state index contributed by atoms with van der Waals surface area (Å²) in [5.74, 6) is 1.81. The zero-order valence-electron chi connectivity index (χ0n) is 12.6. The molecule has 1 N–H and O–H groups in total. The van der Waals surface area contributed by atoms with Crippen molar-refractivity contribution in [3.05, 3.63) is 0 Å². The average molecular weight is 253 g/mol. The molecular weight excluding hydrogens is 226 g/mol. The number of hydrogen-bond donors (Lipinski definition) is 1. The Labute approximate surface area is 111 Å². The van der Waals surface area contributed by atoms with Gasteiger partial charge >= 0.3 is 0 Å². The molecule has 2 unspecified atom stereocenters. The quantitative estimate of drug-likeness (QED) is 0.826. The Hall–Kier alpha value is -1.26. The summed E-state index contributed by atoms with van der Waals surface area (Å²) in [6.07, 6.45) is 2.37. The first kappa shape index (κ1) is 14.8. The zero-order valence-corrected chi connectivity index (χ0v) is 12.6. The zero-order chi connectivity index (χ0) is 13.7. The lowest BCUT2D eigenvalue weighted by molar-refractivity contribution is 0.466. The van der Waals surface area contributed by atoms with Gasteiger partial charge in [0.05, 0.1) is 12.1 Å². The predicted octanol–water partition coefficient (Wildman–Crippen LogP) is 1.37. The largest absolute Gasteiger partial charge is 0.349 e. The van der Waals surface area contributed by atoms with Crippen molar-refractivity contribution in [2.45, 2.75) is 45.7 Å². The highest BCUT2D eigenvalue weighted by Crippen LogP contribution is 2.08. The van der Waals surface area contributed by atoms with E-state index in [9.17, 15) is 0 Å². The topological polar surface area (TPSA) is 43.2 Å². The first-order valence-electron chi connectivity index (χ1n) is 6.76. The van der Waals surface area contributed by atoms with E-state index < -0.39 is 0 Å². The number of guanidine groups is 2. The van der Waals surface area contributed by atoms with Crippen molar-refractivity contribution in [3.63, 3.8) is 0 Å². The molecule has 0 spiro atoms. The molecule has 0 amide bonds. The third kappa shape index (κ3) is 3.89. The summed E-state index contributed by atoms with van der Waals surface area (Å²) in [6, 6.07) is 0.404. The van der Waals surface area contributed by atoms with Crippen molar-refractivity contribution >= 4 is 11.9 Å². The Kier molecular flexibility index (Phi) is 5.44. The van der Waals surface area contributed by atoms with Crippen LogP contribution >= 0.6 is 0 Å². The lowest BCUT2D eigenvalue weighted by Gasteiger charge is -2.24. The van der Waals surface area contributed by atoms with Crippen molar-refractivity contribution in [2.75, 3.05) is 27.7 Å². The molecule has 0 aromatic carbocycles. The fraction of sp³-hybridized carbons (Fsp3) is 0.846. The van der Waals surface area contributed by atoms with Gasteiger partial charge < -0.3 is 9.80 Å². The molecule has 0 radical (unpaired) electrons. The Morgan fingerprint density at radius 3 is 2.11 bits per heavy atom. The van der Waals surface area contributed by atoms with Gasteiger partial charge in [0.1, 0.15) is 0 Å². The van der Waals surface area contributed by atoms with Gasteiger partial charge in [0, 0.05) is 27.7 Å². The van der Waals surface area contributed by atoms with E-state index in [0.29, 0.717) is 0 Å². The van der Waals surface area contributed by atoms with Gasteiger partial charge in [0.25, 0.3) is 0 Å². The van der Waals surface area contributed by atoms with Gasteiger partial charge in [0.15, 0.2) is 0 Å². The third-order valence-corrected chi connectivity index (χ3v) is 3.21. The number of hydrogen-bond acceptors (Lipinski definition) is 5. The molecule has 1 aliphatic heterocycles. The molecule has 0 saturated heterocycles. The van der Waals surface area contributed by atoms with Crippen molar-refractivity contribution in [3.8, 4) is 0 Å². The van der Waals surface area contributed by atoms with Gasteiger partial charge in [-0.1, -0.05) is 13.3 Å². The van der Waals surface area contributed by atoms with E-state index in [1.165, 1.54) is 12.8 Å². The lowest BCUT2D eigenvalue weighted by atomic mass is 10.2. The summed E-state index contributed by atoms with van der Waals surface area (Å²) in [6.45, 7) is 7.44. The minimum atomic E-state index is 0.201. The number of nitrogens with one attached hydrogen (secondary N) is 1. The minimum Gasteiger partial charge on any atom is -0.349 e. The highest BCUT2D eigenvalue weighted by Gasteiger charge is 2.20. The lowest BCUT2D eigenvalue weighted by Crippen LogP contribution is -2.46. The Bertz CT molecular complexity index is 321. The highest BCUT2D eigenvalue weighted by atomic mass is 15.4. The number of rotatable bonds is 3. The molecule has 2 atom stereocenters. The molecule has 0 saturated carbocycles. The van der Waals surface area contributed by atoms with Crippen LogP contribution in [0.5, 0.6) is 0 Å². The fourth-order valence-electron chi connectivity index (χ4n) is 1.69. The first-order valence-corrected chi connectivity index (χ1v) is 6.76. The van der Waals surface area contributed by atoms with Crippen molar-refractivity contribution in [1.29, 1.82) is 0 Å². The van der Waals surface area contributed by atoms with Gasteiger partial charge in [-0.3, -0.25) is 5.32 Å². The monoisotopic (exact) mass is 253 g/mol. The van der Waals surface area contributed by atoms with Gasteiger partial charge in [0.2, 0.25) is 11.9 Å². The summed E-state index contributed by atoms with van der Waals surface area (Å²) in [5, 5.41) is 3.34. The van der Waals surface area contributed by atoms with Crippen LogP contribution in [0, 0.1) is 0 Å². The normalized spacial score (nSPS) is 23.7. The van der Waals surface area contributed by atoms with Crippen LogP contribution in [0.25, 0.3) is 0 Å². The molecule has 0 fully saturated rings. The van der Waals surface area contributed by atoms with Gasteiger partial charge in [-0.15, -0.1) is 0 Å². The molecule has 0 aromatic heterocycles. The Morgan fingerprint density at radius 2 is 1.61 bits per heavy atom. The summed E-state index contributed by atoms with van der Waals surface area (Å²) in [7, 11) is 6.08. The number of nitrogens with zero attached hydrogens (tertiary/aromatic N) is 4. The maximum atomic E-state index is 4.73. The average Bonchev–Trinajstić information content (AvgIpc) is 2.47. The maximum absolute atomic E-state index is 4.73. The van der Waals surface area contributed by atoms with Crippen molar-refractivity contribution in [2.24, 2.45) is 9.98 Å². The second kappa shape index (κ2) is 6.61. The van der Waals surface area contributed by atoms with E-state index in [4.69, 9.17) is 4.99 Å². The van der Waals surface area contributed by atoms with Crippen LogP contribution in [0.1, 0.15) is 33.6 Å². The summed E-state index contributed by atoms with van der Waals surface area (Å²) >= 11 is 0. The van der Waals surface area contributed by atoms with E-state index >= 15 is 0 Å². The summed E-state index contributed by atoms with van der Waals surface area (Å²) in [5.41, 5.74) is 0. The fourth-order valence-corrected chi connectivity index (χ4v) is 1.69. The van der Waals surface area contributed by atoms with Crippen LogP contribution in [0.15, 0.2) is 9.98 Å². The van der Waals surface area contributed by atoms with E-state index in [1.807, 2.05) is 19.0 Å². The standard InChI is InChI=1S/C13H27N5/c1-7-8-9-18(6)13-15-11(3)10(2)14-12(16-13)17(4)5/h10-11H,7-9H2,1-6H3,(H,14,15,16). The Balaban J connectivity index is 2.84. The molecule has 0 aliphatic carbocycles. The van der Waals surface area contributed by atoms with E-state index in [1.54, 1.807) is 0 Å².